The molecule has 3 heterocycles. The number of phenolic OH excluding ortho intramolecular Hbond substituents is 1. The molecule has 3 N–H and O–H groups in total. The topological polar surface area (TPSA) is 144 Å². The largest absolute Gasteiger partial charge is 0.507 e. The lowest BCUT2D eigenvalue weighted by atomic mass is 9.89. The van der Waals surface area contributed by atoms with E-state index < -0.39 is 22.0 Å². The number of ether oxygens (including phenoxy) is 3. The number of anilines is 1. The van der Waals surface area contributed by atoms with Gasteiger partial charge in [0.2, 0.25) is 15.9 Å². The molecule has 0 aliphatic carbocycles. The maximum Gasteiger partial charge on any atom is 0.255 e. The van der Waals surface area contributed by atoms with Gasteiger partial charge in [-0.15, -0.1) is 0 Å². The summed E-state index contributed by atoms with van der Waals surface area (Å²) >= 11 is 0. The Labute approximate surface area is 266 Å². The number of sulfonamides is 1. The highest BCUT2D eigenvalue weighted by Gasteiger charge is 2.38. The number of carbonyl (C=O) groups excluding carboxylic acids is 2. The summed E-state index contributed by atoms with van der Waals surface area (Å²) in [7, 11) is -2.48. The van der Waals surface area contributed by atoms with Crippen molar-refractivity contribution in [3.63, 3.8) is 0 Å². The first-order valence-electron chi connectivity index (χ1n) is 14.8. The number of hydrogen-bond acceptors (Lipinski definition) is 8. The number of benzene rings is 4. The summed E-state index contributed by atoms with van der Waals surface area (Å²) in [5.41, 5.74) is 2.93. The van der Waals surface area contributed by atoms with Crippen LogP contribution in [0.2, 0.25) is 0 Å². The number of nitrogens with one attached hydrogen (secondary N) is 2. The van der Waals surface area contributed by atoms with Gasteiger partial charge in [-0.05, 0) is 96.3 Å². The lowest BCUT2D eigenvalue weighted by molar-refractivity contribution is -0.114. The van der Waals surface area contributed by atoms with Crippen molar-refractivity contribution in [3.8, 4) is 28.7 Å². The van der Waals surface area contributed by atoms with Crippen molar-refractivity contribution in [3.05, 3.63) is 101 Å². The van der Waals surface area contributed by atoms with Gasteiger partial charge >= 0.3 is 0 Å². The second-order valence-electron chi connectivity index (χ2n) is 11.0. The minimum absolute atomic E-state index is 0.0814. The molecule has 0 spiro atoms. The first-order chi connectivity index (χ1) is 22.1. The van der Waals surface area contributed by atoms with Crippen LogP contribution in [0.1, 0.15) is 46.4 Å². The van der Waals surface area contributed by atoms with Gasteiger partial charge in [0.05, 0.1) is 30.2 Å². The van der Waals surface area contributed by atoms with E-state index in [9.17, 15) is 23.1 Å². The molecule has 0 radical (unpaired) electrons. The van der Waals surface area contributed by atoms with E-state index in [-0.39, 0.29) is 41.8 Å². The van der Waals surface area contributed by atoms with Gasteiger partial charge in [-0.3, -0.25) is 9.59 Å². The molecule has 0 fully saturated rings. The van der Waals surface area contributed by atoms with Crippen LogP contribution >= 0.6 is 0 Å². The van der Waals surface area contributed by atoms with Crippen LogP contribution in [-0.4, -0.2) is 56.5 Å². The maximum absolute atomic E-state index is 14.2. The van der Waals surface area contributed by atoms with E-state index in [0.717, 1.165) is 11.1 Å². The van der Waals surface area contributed by atoms with Crippen LogP contribution in [0.5, 0.6) is 28.7 Å². The molecule has 0 saturated carbocycles. The van der Waals surface area contributed by atoms with Crippen LogP contribution in [0.3, 0.4) is 0 Å². The first-order valence-corrected chi connectivity index (χ1v) is 16.2. The molecule has 2 amide bonds. The highest BCUT2D eigenvalue weighted by Crippen LogP contribution is 2.43. The van der Waals surface area contributed by atoms with Crippen LogP contribution in [0.15, 0.2) is 83.8 Å². The number of aromatic hydroxyl groups is 1. The fraction of sp³-hybridized carbons (Fsp3) is 0.235. The van der Waals surface area contributed by atoms with Crippen molar-refractivity contribution < 1.29 is 37.3 Å². The van der Waals surface area contributed by atoms with Crippen molar-refractivity contribution in [2.24, 2.45) is 0 Å². The summed E-state index contributed by atoms with van der Waals surface area (Å²) in [5, 5.41) is 15.8. The Bertz CT molecular complexity index is 1910. The summed E-state index contributed by atoms with van der Waals surface area (Å²) in [6.07, 6.45) is 0.869. The Balaban J connectivity index is 1.45. The average molecular weight is 644 g/mol. The van der Waals surface area contributed by atoms with E-state index in [1.54, 1.807) is 36.4 Å². The number of hydrogen-bond donors (Lipinski definition) is 3. The molecule has 3 aliphatic heterocycles. The van der Waals surface area contributed by atoms with Crippen LogP contribution in [0.25, 0.3) is 0 Å². The fourth-order valence-electron chi connectivity index (χ4n) is 5.72. The number of nitrogens with zero attached hydrogens (tertiary/aromatic N) is 1. The second-order valence-corrected chi connectivity index (χ2v) is 12.9. The van der Waals surface area contributed by atoms with Crippen LogP contribution in [0, 0.1) is 0 Å². The quantitative estimate of drug-likeness (QED) is 0.282. The molecular weight excluding hydrogens is 610 g/mol. The van der Waals surface area contributed by atoms with Crippen molar-refractivity contribution in [1.82, 2.24) is 9.62 Å². The van der Waals surface area contributed by atoms with Crippen molar-refractivity contribution in [2.75, 3.05) is 32.1 Å². The first kappa shape index (κ1) is 30.9. The van der Waals surface area contributed by atoms with Crippen molar-refractivity contribution in [1.29, 1.82) is 0 Å². The third-order valence-corrected chi connectivity index (χ3v) is 9.77. The number of carbonyl (C=O) groups is 2. The van der Waals surface area contributed by atoms with Gasteiger partial charge in [-0.1, -0.05) is 12.1 Å². The zero-order valence-electron chi connectivity index (χ0n) is 25.3. The van der Waals surface area contributed by atoms with Crippen LogP contribution in [0.4, 0.5) is 5.69 Å². The molecule has 8 bridgehead atoms. The van der Waals surface area contributed by atoms with Gasteiger partial charge in [-0.25, -0.2) is 8.42 Å². The molecule has 1 atom stereocenters. The van der Waals surface area contributed by atoms with Gasteiger partial charge in [0.1, 0.15) is 17.2 Å². The molecule has 4 aromatic rings. The van der Waals surface area contributed by atoms with Gasteiger partial charge < -0.3 is 30.0 Å². The van der Waals surface area contributed by atoms with Gasteiger partial charge in [0.15, 0.2) is 11.5 Å². The maximum atomic E-state index is 14.2. The molecule has 0 saturated heterocycles. The Morgan fingerprint density at radius 1 is 1.02 bits per heavy atom. The van der Waals surface area contributed by atoms with E-state index in [2.05, 4.69) is 10.6 Å². The highest BCUT2D eigenvalue weighted by molar-refractivity contribution is 7.89. The number of phenols is 1. The Morgan fingerprint density at radius 3 is 2.54 bits per heavy atom. The van der Waals surface area contributed by atoms with E-state index in [4.69, 9.17) is 14.2 Å². The summed E-state index contributed by atoms with van der Waals surface area (Å²) in [5.74, 6) is 0.913. The second kappa shape index (κ2) is 12.7. The Hall–Kier alpha value is -5.07. The molecule has 7 rings (SSSR count). The minimum Gasteiger partial charge on any atom is -0.507 e. The summed E-state index contributed by atoms with van der Waals surface area (Å²) in [4.78, 5) is 24.4. The smallest absolute Gasteiger partial charge is 0.255 e. The summed E-state index contributed by atoms with van der Waals surface area (Å²) in [6.45, 7) is 2.09. The molecule has 238 valence electrons. The monoisotopic (exact) mass is 643 g/mol. The zero-order valence-corrected chi connectivity index (χ0v) is 26.1. The third kappa shape index (κ3) is 6.22. The highest BCUT2D eigenvalue weighted by atomic mass is 32.2. The van der Waals surface area contributed by atoms with Crippen LogP contribution in [-0.2, 0) is 21.2 Å². The molecule has 1 unspecified atom stereocenters. The number of rotatable bonds is 4. The Kier molecular flexibility index (Phi) is 8.57. The standard InChI is InChI=1S/C34H33N3O8S/c1-21(38)36-24-5-9-27(10-6-24)46(41,42)37-16-14-22-18-25-7-11-28(22)33(37)23-4-13-31(43-2)32(19-23)44-17-3-15-35-34(40)29-20-26(45-25)8-12-30(29)39/h4-13,18-20,33,39H,3,14-17H2,1-2H3,(H,35,40)(H,36,38). The van der Waals surface area contributed by atoms with Crippen molar-refractivity contribution in [2.45, 2.75) is 30.7 Å². The predicted octanol–water partition coefficient (Wildman–Crippen LogP) is 5.00. The average Bonchev–Trinajstić information content (AvgIpc) is 3.04. The van der Waals surface area contributed by atoms with Crippen molar-refractivity contribution >= 4 is 27.5 Å². The molecule has 3 aliphatic rings. The molecule has 4 aromatic carbocycles. The molecule has 11 nitrogen and oxygen atoms in total. The number of methoxy groups -OCH3 is 1. The van der Waals surface area contributed by atoms with E-state index in [0.29, 0.717) is 47.1 Å². The van der Waals surface area contributed by atoms with Gasteiger partial charge in [-0.2, -0.15) is 4.31 Å². The molecule has 0 aromatic heterocycles. The Morgan fingerprint density at radius 2 is 1.78 bits per heavy atom. The van der Waals surface area contributed by atoms with Crippen LogP contribution < -0.4 is 24.8 Å². The SMILES string of the molecule is COc1ccc2cc1OCCCNC(=O)c1cc(ccc1O)Oc1ccc3c(c1)CCN(S(=O)(=O)c1ccc(NC(C)=O)cc1)C23. The zero-order chi connectivity index (χ0) is 32.4. The van der Waals surface area contributed by atoms with E-state index in [1.165, 1.54) is 42.6 Å². The van der Waals surface area contributed by atoms with Gasteiger partial charge in [0, 0.05) is 25.7 Å². The normalized spacial score (nSPS) is 16.7. The summed E-state index contributed by atoms with van der Waals surface area (Å²) < 4.78 is 47.7. The van der Waals surface area contributed by atoms with Gasteiger partial charge in [0.25, 0.3) is 5.91 Å². The molecule has 12 heteroatoms. The number of amides is 2. The van der Waals surface area contributed by atoms with E-state index >= 15 is 0 Å². The molecular formula is C34H33N3O8S. The lowest BCUT2D eigenvalue weighted by Gasteiger charge is -2.37. The minimum atomic E-state index is -4.01. The lowest BCUT2D eigenvalue weighted by Crippen LogP contribution is -2.40. The predicted molar refractivity (Wildman–Crippen MR) is 170 cm³/mol. The summed E-state index contributed by atoms with van der Waals surface area (Å²) in [6, 6.07) is 20.7. The fourth-order valence-corrected chi connectivity index (χ4v) is 7.32. The number of fused-ring (bicyclic) bond motifs is 6. The molecule has 46 heavy (non-hydrogen) atoms. The third-order valence-electron chi connectivity index (χ3n) is 7.90. The van der Waals surface area contributed by atoms with E-state index in [1.807, 2.05) is 18.2 Å².